The Labute approximate surface area is 95.7 Å². The maximum absolute atomic E-state index is 11.0. The Balaban J connectivity index is 2.46. The molecule has 16 heavy (non-hydrogen) atoms. The fourth-order valence-electron chi connectivity index (χ4n) is 1.21. The molecule has 3 heteroatoms. The van der Waals surface area contributed by atoms with E-state index in [0.717, 1.165) is 5.56 Å². The SMILES string of the molecule is C/C=C/c1ccc(OCC(=O)OCC)cc1. The molecule has 86 valence electrons. The van der Waals surface area contributed by atoms with Gasteiger partial charge in [0.05, 0.1) is 6.61 Å². The van der Waals surface area contributed by atoms with Crippen molar-refractivity contribution in [1.82, 2.24) is 0 Å². The van der Waals surface area contributed by atoms with E-state index >= 15 is 0 Å². The highest BCUT2D eigenvalue weighted by Crippen LogP contribution is 2.13. The molecule has 3 nitrogen and oxygen atoms in total. The zero-order valence-electron chi connectivity index (χ0n) is 9.60. The summed E-state index contributed by atoms with van der Waals surface area (Å²) in [5.74, 6) is 0.321. The Morgan fingerprint density at radius 3 is 2.56 bits per heavy atom. The normalized spacial score (nSPS) is 10.4. The van der Waals surface area contributed by atoms with Crippen LogP contribution in [-0.2, 0) is 9.53 Å². The summed E-state index contributed by atoms with van der Waals surface area (Å²) in [7, 11) is 0. The van der Waals surface area contributed by atoms with Crippen LogP contribution in [0.3, 0.4) is 0 Å². The van der Waals surface area contributed by atoms with Gasteiger partial charge in [-0.2, -0.15) is 0 Å². The Morgan fingerprint density at radius 1 is 1.31 bits per heavy atom. The number of carbonyl (C=O) groups excluding carboxylic acids is 1. The highest BCUT2D eigenvalue weighted by atomic mass is 16.6. The molecule has 0 atom stereocenters. The smallest absolute Gasteiger partial charge is 0.344 e. The van der Waals surface area contributed by atoms with E-state index in [0.29, 0.717) is 12.4 Å². The summed E-state index contributed by atoms with van der Waals surface area (Å²) >= 11 is 0. The van der Waals surface area contributed by atoms with Gasteiger partial charge in [0, 0.05) is 0 Å². The summed E-state index contributed by atoms with van der Waals surface area (Å²) in [4.78, 5) is 11.0. The van der Waals surface area contributed by atoms with Crippen molar-refractivity contribution in [3.05, 3.63) is 35.9 Å². The van der Waals surface area contributed by atoms with Crippen molar-refractivity contribution >= 4 is 12.0 Å². The van der Waals surface area contributed by atoms with Crippen LogP contribution in [-0.4, -0.2) is 19.2 Å². The summed E-state index contributed by atoms with van der Waals surface area (Å²) in [6.45, 7) is 4.06. The molecule has 0 amide bonds. The van der Waals surface area contributed by atoms with E-state index < -0.39 is 0 Å². The fourth-order valence-corrected chi connectivity index (χ4v) is 1.21. The van der Waals surface area contributed by atoms with Crippen molar-refractivity contribution in [1.29, 1.82) is 0 Å². The molecule has 0 bridgehead atoms. The second kappa shape index (κ2) is 6.67. The van der Waals surface area contributed by atoms with Gasteiger partial charge in [-0.3, -0.25) is 0 Å². The van der Waals surface area contributed by atoms with E-state index in [1.54, 1.807) is 6.92 Å². The van der Waals surface area contributed by atoms with Gasteiger partial charge >= 0.3 is 5.97 Å². The minimum absolute atomic E-state index is 0.0448. The van der Waals surface area contributed by atoms with Crippen molar-refractivity contribution in [2.24, 2.45) is 0 Å². The first kappa shape index (κ1) is 12.3. The summed E-state index contributed by atoms with van der Waals surface area (Å²) in [6.07, 6.45) is 3.96. The Hall–Kier alpha value is -1.77. The van der Waals surface area contributed by atoms with E-state index in [-0.39, 0.29) is 12.6 Å². The molecular weight excluding hydrogens is 204 g/mol. The van der Waals surface area contributed by atoms with Gasteiger partial charge in [0.2, 0.25) is 0 Å². The number of rotatable bonds is 5. The molecule has 0 aromatic heterocycles. The van der Waals surface area contributed by atoms with Crippen molar-refractivity contribution in [2.75, 3.05) is 13.2 Å². The van der Waals surface area contributed by atoms with Gasteiger partial charge < -0.3 is 9.47 Å². The van der Waals surface area contributed by atoms with Crippen LogP contribution in [0.4, 0.5) is 0 Å². The molecule has 1 aromatic rings. The van der Waals surface area contributed by atoms with Gasteiger partial charge in [-0.1, -0.05) is 24.3 Å². The van der Waals surface area contributed by atoms with E-state index in [1.165, 1.54) is 0 Å². The third kappa shape index (κ3) is 4.17. The molecule has 0 heterocycles. The third-order valence-electron chi connectivity index (χ3n) is 1.90. The van der Waals surface area contributed by atoms with Gasteiger partial charge in [-0.15, -0.1) is 0 Å². The van der Waals surface area contributed by atoms with Crippen LogP contribution in [0.25, 0.3) is 6.08 Å². The predicted octanol–water partition coefficient (Wildman–Crippen LogP) is 2.66. The Bertz CT molecular complexity index is 352. The van der Waals surface area contributed by atoms with Crippen LogP contribution in [0.5, 0.6) is 5.75 Å². The second-order valence-electron chi connectivity index (χ2n) is 3.16. The minimum Gasteiger partial charge on any atom is -0.482 e. The third-order valence-corrected chi connectivity index (χ3v) is 1.90. The van der Waals surface area contributed by atoms with Crippen molar-refractivity contribution in [2.45, 2.75) is 13.8 Å². The van der Waals surface area contributed by atoms with E-state index in [9.17, 15) is 4.79 Å². The lowest BCUT2D eigenvalue weighted by molar-refractivity contribution is -0.145. The fraction of sp³-hybridized carbons (Fsp3) is 0.308. The van der Waals surface area contributed by atoms with Gasteiger partial charge in [0.25, 0.3) is 0 Å². The molecule has 0 fully saturated rings. The first-order valence-corrected chi connectivity index (χ1v) is 5.27. The molecule has 0 saturated carbocycles. The predicted molar refractivity (Wildman–Crippen MR) is 63.3 cm³/mol. The van der Waals surface area contributed by atoms with E-state index in [4.69, 9.17) is 9.47 Å². The molecule has 0 aliphatic rings. The summed E-state index contributed by atoms with van der Waals surface area (Å²) in [5, 5.41) is 0. The zero-order valence-corrected chi connectivity index (χ0v) is 9.60. The molecule has 0 saturated heterocycles. The summed E-state index contributed by atoms with van der Waals surface area (Å²) < 4.78 is 10.0. The van der Waals surface area contributed by atoms with Crippen LogP contribution in [0.1, 0.15) is 19.4 Å². The summed E-state index contributed by atoms with van der Waals surface area (Å²) in [5.41, 5.74) is 1.10. The maximum atomic E-state index is 11.0. The number of allylic oxidation sites excluding steroid dienone is 1. The van der Waals surface area contributed by atoms with Crippen molar-refractivity contribution in [3.8, 4) is 5.75 Å². The number of hydrogen-bond donors (Lipinski definition) is 0. The Morgan fingerprint density at radius 2 is 2.00 bits per heavy atom. The van der Waals surface area contributed by atoms with Gasteiger partial charge in [0.15, 0.2) is 6.61 Å². The van der Waals surface area contributed by atoms with Crippen molar-refractivity contribution < 1.29 is 14.3 Å². The molecule has 1 aromatic carbocycles. The summed E-state index contributed by atoms with van der Waals surface area (Å²) in [6, 6.07) is 7.52. The van der Waals surface area contributed by atoms with Crippen LogP contribution in [0.2, 0.25) is 0 Å². The van der Waals surface area contributed by atoms with E-state index in [2.05, 4.69) is 0 Å². The van der Waals surface area contributed by atoms with Crippen LogP contribution in [0, 0.1) is 0 Å². The largest absolute Gasteiger partial charge is 0.482 e. The molecule has 0 N–H and O–H groups in total. The van der Waals surface area contributed by atoms with E-state index in [1.807, 2.05) is 43.3 Å². The number of esters is 1. The van der Waals surface area contributed by atoms with Crippen LogP contribution < -0.4 is 4.74 Å². The van der Waals surface area contributed by atoms with Crippen molar-refractivity contribution in [3.63, 3.8) is 0 Å². The second-order valence-corrected chi connectivity index (χ2v) is 3.16. The lowest BCUT2D eigenvalue weighted by atomic mass is 10.2. The highest BCUT2D eigenvalue weighted by Gasteiger charge is 2.02. The van der Waals surface area contributed by atoms with Crippen LogP contribution in [0.15, 0.2) is 30.3 Å². The molecule has 1 rings (SSSR count). The van der Waals surface area contributed by atoms with Gasteiger partial charge in [-0.05, 0) is 31.5 Å². The zero-order chi connectivity index (χ0) is 11.8. The minimum atomic E-state index is -0.347. The first-order valence-electron chi connectivity index (χ1n) is 5.27. The molecule has 0 aliphatic heterocycles. The number of hydrogen-bond acceptors (Lipinski definition) is 3. The average molecular weight is 220 g/mol. The maximum Gasteiger partial charge on any atom is 0.344 e. The van der Waals surface area contributed by atoms with Gasteiger partial charge in [0.1, 0.15) is 5.75 Å². The Kier molecular flexibility index (Phi) is 5.12. The molecular formula is C13H16O3. The highest BCUT2D eigenvalue weighted by molar-refractivity contribution is 5.71. The topological polar surface area (TPSA) is 35.5 Å². The van der Waals surface area contributed by atoms with Crippen LogP contribution >= 0.6 is 0 Å². The standard InChI is InChI=1S/C13H16O3/c1-3-5-11-6-8-12(9-7-11)16-10-13(14)15-4-2/h3,5-9H,4,10H2,1-2H3/b5-3+. The number of ether oxygens (including phenoxy) is 2. The lowest BCUT2D eigenvalue weighted by Gasteiger charge is -2.05. The number of carbonyl (C=O) groups is 1. The molecule has 0 aliphatic carbocycles. The molecule has 0 spiro atoms. The first-order chi connectivity index (χ1) is 7.76. The average Bonchev–Trinajstić information content (AvgIpc) is 2.29. The lowest BCUT2D eigenvalue weighted by Crippen LogP contribution is -2.14. The quantitative estimate of drug-likeness (QED) is 0.716. The molecule has 0 radical (unpaired) electrons. The number of benzene rings is 1. The molecule has 0 unspecified atom stereocenters. The van der Waals surface area contributed by atoms with Gasteiger partial charge in [-0.25, -0.2) is 4.79 Å². The monoisotopic (exact) mass is 220 g/mol.